The van der Waals surface area contributed by atoms with Gasteiger partial charge in [-0.1, -0.05) is 27.2 Å². The van der Waals surface area contributed by atoms with Gasteiger partial charge in [0.05, 0.1) is 6.54 Å². The molecule has 0 aromatic rings. The van der Waals surface area contributed by atoms with Gasteiger partial charge in [0, 0.05) is 19.1 Å². The molecule has 122 valence electrons. The second-order valence-corrected chi connectivity index (χ2v) is 5.59. The average molecular weight is 398 g/mol. The van der Waals surface area contributed by atoms with E-state index in [-0.39, 0.29) is 24.0 Å². The smallest absolute Gasteiger partial charge is 0.191 e. The van der Waals surface area contributed by atoms with Crippen molar-refractivity contribution < 1.29 is 0 Å². The SMILES string of the molecule is CCCCN(C)CCN=C(NCC)NC(C)C(C)C.I. The molecule has 0 saturated carbocycles. The topological polar surface area (TPSA) is 39.7 Å². The zero-order valence-corrected chi connectivity index (χ0v) is 16.5. The van der Waals surface area contributed by atoms with Gasteiger partial charge in [0.1, 0.15) is 0 Å². The van der Waals surface area contributed by atoms with E-state index in [1.165, 1.54) is 19.4 Å². The molecule has 0 aromatic heterocycles. The second kappa shape index (κ2) is 13.9. The first kappa shape index (κ1) is 22.2. The summed E-state index contributed by atoms with van der Waals surface area (Å²) in [7, 11) is 2.17. The van der Waals surface area contributed by atoms with E-state index < -0.39 is 0 Å². The second-order valence-electron chi connectivity index (χ2n) is 5.59. The Labute approximate surface area is 143 Å². The summed E-state index contributed by atoms with van der Waals surface area (Å²) in [5, 5.41) is 6.76. The molecular weight excluding hydrogens is 363 g/mol. The third-order valence-electron chi connectivity index (χ3n) is 3.35. The van der Waals surface area contributed by atoms with Gasteiger partial charge in [0.25, 0.3) is 0 Å². The van der Waals surface area contributed by atoms with Crippen LogP contribution in [-0.4, -0.2) is 50.1 Å². The maximum atomic E-state index is 4.64. The van der Waals surface area contributed by atoms with Crippen molar-refractivity contribution in [3.8, 4) is 0 Å². The van der Waals surface area contributed by atoms with Gasteiger partial charge in [-0.15, -0.1) is 24.0 Å². The fourth-order valence-electron chi connectivity index (χ4n) is 1.57. The van der Waals surface area contributed by atoms with Crippen LogP contribution in [0.3, 0.4) is 0 Å². The molecule has 0 rings (SSSR count). The number of nitrogens with zero attached hydrogens (tertiary/aromatic N) is 2. The molecule has 0 amide bonds. The highest BCUT2D eigenvalue weighted by molar-refractivity contribution is 14.0. The van der Waals surface area contributed by atoms with E-state index in [1.807, 2.05) is 0 Å². The van der Waals surface area contributed by atoms with Gasteiger partial charge >= 0.3 is 0 Å². The summed E-state index contributed by atoms with van der Waals surface area (Å²) in [6, 6.07) is 0.440. The van der Waals surface area contributed by atoms with Gasteiger partial charge < -0.3 is 15.5 Å². The number of unbranched alkanes of at least 4 members (excludes halogenated alkanes) is 1. The Hall–Kier alpha value is -0.0400. The average Bonchev–Trinajstić information content (AvgIpc) is 2.36. The van der Waals surface area contributed by atoms with E-state index >= 15 is 0 Å². The third kappa shape index (κ3) is 11.8. The van der Waals surface area contributed by atoms with E-state index in [0.717, 1.165) is 25.6 Å². The fourth-order valence-corrected chi connectivity index (χ4v) is 1.57. The summed E-state index contributed by atoms with van der Waals surface area (Å²) in [5.41, 5.74) is 0. The molecule has 5 heteroatoms. The zero-order chi connectivity index (χ0) is 14.7. The van der Waals surface area contributed by atoms with Crippen molar-refractivity contribution in [2.24, 2.45) is 10.9 Å². The Kier molecular flexibility index (Phi) is 15.5. The van der Waals surface area contributed by atoms with E-state index in [4.69, 9.17) is 0 Å². The number of halogens is 1. The van der Waals surface area contributed by atoms with Crippen molar-refractivity contribution in [1.29, 1.82) is 0 Å². The van der Waals surface area contributed by atoms with E-state index in [0.29, 0.717) is 12.0 Å². The molecule has 1 atom stereocenters. The molecule has 0 radical (unpaired) electrons. The highest BCUT2D eigenvalue weighted by atomic mass is 127. The lowest BCUT2D eigenvalue weighted by Crippen LogP contribution is -2.44. The molecule has 4 nitrogen and oxygen atoms in total. The van der Waals surface area contributed by atoms with Gasteiger partial charge in [-0.05, 0) is 39.8 Å². The summed E-state index contributed by atoms with van der Waals surface area (Å²) in [5.74, 6) is 1.55. The Morgan fingerprint density at radius 1 is 1.15 bits per heavy atom. The van der Waals surface area contributed by atoms with Crippen LogP contribution in [0, 0.1) is 5.92 Å². The van der Waals surface area contributed by atoms with E-state index in [1.54, 1.807) is 0 Å². The monoisotopic (exact) mass is 398 g/mol. The molecule has 0 fully saturated rings. The first-order chi connectivity index (χ1) is 9.01. The van der Waals surface area contributed by atoms with Crippen molar-refractivity contribution >= 4 is 29.9 Å². The standard InChI is InChI=1S/C15H34N4.HI/c1-7-9-11-19(6)12-10-17-15(16-8-2)18-14(5)13(3)4;/h13-14H,7-12H2,1-6H3,(H2,16,17,18);1H. The summed E-state index contributed by atoms with van der Waals surface area (Å²) in [6.45, 7) is 14.9. The Balaban J connectivity index is 0. The van der Waals surface area contributed by atoms with Crippen molar-refractivity contribution in [1.82, 2.24) is 15.5 Å². The lowest BCUT2D eigenvalue weighted by atomic mass is 10.1. The first-order valence-electron chi connectivity index (χ1n) is 7.74. The molecule has 0 aromatic carbocycles. The fraction of sp³-hybridized carbons (Fsp3) is 0.933. The van der Waals surface area contributed by atoms with E-state index in [2.05, 4.69) is 62.2 Å². The van der Waals surface area contributed by atoms with Gasteiger partial charge in [-0.3, -0.25) is 4.99 Å². The van der Waals surface area contributed by atoms with Crippen molar-refractivity contribution in [3.05, 3.63) is 0 Å². The molecule has 0 heterocycles. The lowest BCUT2D eigenvalue weighted by molar-refractivity contribution is 0.337. The van der Waals surface area contributed by atoms with Crippen molar-refractivity contribution in [3.63, 3.8) is 0 Å². The number of guanidine groups is 1. The van der Waals surface area contributed by atoms with Crippen LogP contribution in [0.4, 0.5) is 0 Å². The zero-order valence-electron chi connectivity index (χ0n) is 14.2. The quantitative estimate of drug-likeness (QED) is 0.357. The van der Waals surface area contributed by atoms with Crippen LogP contribution >= 0.6 is 24.0 Å². The van der Waals surface area contributed by atoms with Crippen molar-refractivity contribution in [2.45, 2.75) is 53.5 Å². The van der Waals surface area contributed by atoms with Crippen LogP contribution in [0.1, 0.15) is 47.5 Å². The predicted octanol–water partition coefficient (Wildman–Crippen LogP) is 2.94. The first-order valence-corrected chi connectivity index (χ1v) is 7.74. The third-order valence-corrected chi connectivity index (χ3v) is 3.35. The van der Waals surface area contributed by atoms with Crippen molar-refractivity contribution in [2.75, 3.05) is 33.2 Å². The molecule has 0 spiro atoms. The van der Waals surface area contributed by atoms with Crippen LogP contribution < -0.4 is 10.6 Å². The molecular formula is C15H35IN4. The normalized spacial score (nSPS) is 13.3. The number of hydrogen-bond acceptors (Lipinski definition) is 2. The molecule has 0 bridgehead atoms. The highest BCUT2D eigenvalue weighted by Crippen LogP contribution is 1.99. The summed E-state index contributed by atoms with van der Waals surface area (Å²) in [4.78, 5) is 6.99. The molecule has 0 aliphatic carbocycles. The summed E-state index contributed by atoms with van der Waals surface area (Å²) >= 11 is 0. The summed E-state index contributed by atoms with van der Waals surface area (Å²) < 4.78 is 0. The van der Waals surface area contributed by atoms with Gasteiger partial charge in [-0.25, -0.2) is 0 Å². The molecule has 2 N–H and O–H groups in total. The largest absolute Gasteiger partial charge is 0.357 e. The molecule has 0 aliphatic rings. The van der Waals surface area contributed by atoms with Crippen LogP contribution in [0.5, 0.6) is 0 Å². The minimum atomic E-state index is 0. The number of nitrogens with one attached hydrogen (secondary N) is 2. The maximum absolute atomic E-state index is 4.64. The number of hydrogen-bond donors (Lipinski definition) is 2. The summed E-state index contributed by atoms with van der Waals surface area (Å²) in [6.07, 6.45) is 2.52. The molecule has 0 saturated heterocycles. The molecule has 20 heavy (non-hydrogen) atoms. The Morgan fingerprint density at radius 2 is 1.80 bits per heavy atom. The van der Waals surface area contributed by atoms with Gasteiger partial charge in [0.2, 0.25) is 0 Å². The van der Waals surface area contributed by atoms with Gasteiger partial charge in [0.15, 0.2) is 5.96 Å². The highest BCUT2D eigenvalue weighted by Gasteiger charge is 2.08. The van der Waals surface area contributed by atoms with Gasteiger partial charge in [-0.2, -0.15) is 0 Å². The van der Waals surface area contributed by atoms with Crippen LogP contribution in [0.25, 0.3) is 0 Å². The number of rotatable bonds is 9. The van der Waals surface area contributed by atoms with Crippen LogP contribution in [0.2, 0.25) is 0 Å². The maximum Gasteiger partial charge on any atom is 0.191 e. The number of aliphatic imine (C=N–C) groups is 1. The van der Waals surface area contributed by atoms with Crippen LogP contribution in [-0.2, 0) is 0 Å². The minimum Gasteiger partial charge on any atom is -0.357 e. The van der Waals surface area contributed by atoms with E-state index in [9.17, 15) is 0 Å². The molecule has 1 unspecified atom stereocenters. The Bertz CT molecular complexity index is 244. The van der Waals surface area contributed by atoms with Crippen LogP contribution in [0.15, 0.2) is 4.99 Å². The number of likely N-dealkylation sites (N-methyl/N-ethyl adjacent to an activating group) is 1. The predicted molar refractivity (Wildman–Crippen MR) is 101 cm³/mol. The molecule has 0 aliphatic heterocycles. The Morgan fingerprint density at radius 3 is 2.30 bits per heavy atom. The lowest BCUT2D eigenvalue weighted by Gasteiger charge is -2.21. The minimum absolute atomic E-state index is 0.